The van der Waals surface area contributed by atoms with Gasteiger partial charge in [-0.25, -0.2) is 14.4 Å². The molecule has 0 amide bonds. The molecule has 94 valence electrons. The minimum absolute atomic E-state index is 0.297. The van der Waals surface area contributed by atoms with Gasteiger partial charge in [0.1, 0.15) is 18.0 Å². The summed E-state index contributed by atoms with van der Waals surface area (Å²) in [6.45, 7) is 2.03. The van der Waals surface area contributed by atoms with Crippen LogP contribution in [0.3, 0.4) is 0 Å². The third-order valence-electron chi connectivity index (χ3n) is 2.91. The second-order valence-electron chi connectivity index (χ2n) is 4.37. The second kappa shape index (κ2) is 4.65. The quantitative estimate of drug-likeness (QED) is 0.754. The Balaban J connectivity index is 2.05. The van der Waals surface area contributed by atoms with Gasteiger partial charge in [0, 0.05) is 11.1 Å². The first-order valence-electron chi connectivity index (χ1n) is 5.96. The van der Waals surface area contributed by atoms with Crippen molar-refractivity contribution in [3.63, 3.8) is 0 Å². The standard InChI is InChI=1S/C15H12FN3/c1-10-2-5-12(6-3-10)19-15-13-8-11(16)4-7-14(13)17-9-18-15/h2-9H,1H3,(H,17,18,19). The molecular weight excluding hydrogens is 241 g/mol. The first-order chi connectivity index (χ1) is 9.22. The zero-order chi connectivity index (χ0) is 13.2. The molecule has 2 aromatic carbocycles. The SMILES string of the molecule is Cc1ccc(Nc2ncnc3ccc(F)cc23)cc1. The highest BCUT2D eigenvalue weighted by atomic mass is 19.1. The Kier molecular flexibility index (Phi) is 2.83. The molecule has 0 aliphatic rings. The van der Waals surface area contributed by atoms with Crippen LogP contribution in [-0.4, -0.2) is 9.97 Å². The number of benzene rings is 2. The van der Waals surface area contributed by atoms with Gasteiger partial charge in [-0.15, -0.1) is 0 Å². The van der Waals surface area contributed by atoms with Gasteiger partial charge in [0.05, 0.1) is 5.52 Å². The number of anilines is 2. The maximum absolute atomic E-state index is 13.3. The van der Waals surface area contributed by atoms with Crippen molar-refractivity contribution >= 4 is 22.4 Å². The topological polar surface area (TPSA) is 37.8 Å². The number of aryl methyl sites for hydroxylation is 1. The predicted molar refractivity (Wildman–Crippen MR) is 74.0 cm³/mol. The number of fused-ring (bicyclic) bond motifs is 1. The van der Waals surface area contributed by atoms with Crippen molar-refractivity contribution in [2.24, 2.45) is 0 Å². The van der Waals surface area contributed by atoms with E-state index in [0.717, 1.165) is 5.69 Å². The van der Waals surface area contributed by atoms with Crippen LogP contribution in [0.2, 0.25) is 0 Å². The van der Waals surface area contributed by atoms with E-state index in [2.05, 4.69) is 15.3 Å². The van der Waals surface area contributed by atoms with E-state index in [0.29, 0.717) is 16.7 Å². The Hall–Kier alpha value is -2.49. The van der Waals surface area contributed by atoms with Crippen LogP contribution in [0.15, 0.2) is 48.8 Å². The summed E-state index contributed by atoms with van der Waals surface area (Å²) in [5.74, 6) is 0.308. The van der Waals surface area contributed by atoms with Gasteiger partial charge in [-0.2, -0.15) is 0 Å². The molecule has 0 aliphatic carbocycles. The lowest BCUT2D eigenvalue weighted by atomic mass is 10.2. The molecule has 0 saturated heterocycles. The summed E-state index contributed by atoms with van der Waals surface area (Å²) in [7, 11) is 0. The minimum Gasteiger partial charge on any atom is -0.340 e. The van der Waals surface area contributed by atoms with Gasteiger partial charge >= 0.3 is 0 Å². The lowest BCUT2D eigenvalue weighted by molar-refractivity contribution is 0.629. The summed E-state index contributed by atoms with van der Waals surface area (Å²) in [6, 6.07) is 12.4. The second-order valence-corrected chi connectivity index (χ2v) is 4.37. The molecule has 0 fully saturated rings. The smallest absolute Gasteiger partial charge is 0.141 e. The van der Waals surface area contributed by atoms with Crippen LogP contribution in [0.1, 0.15) is 5.56 Å². The molecule has 4 heteroatoms. The first kappa shape index (κ1) is 11.6. The van der Waals surface area contributed by atoms with Crippen molar-refractivity contribution in [3.05, 3.63) is 60.2 Å². The summed E-state index contributed by atoms with van der Waals surface area (Å²) in [5.41, 5.74) is 2.81. The van der Waals surface area contributed by atoms with Crippen LogP contribution < -0.4 is 5.32 Å². The lowest BCUT2D eigenvalue weighted by Gasteiger charge is -2.08. The van der Waals surface area contributed by atoms with E-state index in [1.54, 1.807) is 6.07 Å². The van der Waals surface area contributed by atoms with Crippen LogP contribution >= 0.6 is 0 Å². The third-order valence-corrected chi connectivity index (χ3v) is 2.91. The van der Waals surface area contributed by atoms with Gasteiger partial charge in [-0.05, 0) is 37.3 Å². The molecule has 0 aliphatic heterocycles. The van der Waals surface area contributed by atoms with Gasteiger partial charge < -0.3 is 5.32 Å². The molecule has 3 rings (SSSR count). The summed E-state index contributed by atoms with van der Waals surface area (Å²) in [4.78, 5) is 8.30. The number of hydrogen-bond acceptors (Lipinski definition) is 3. The Morgan fingerprint density at radius 2 is 1.79 bits per heavy atom. The van der Waals surface area contributed by atoms with E-state index in [1.807, 2.05) is 31.2 Å². The fraction of sp³-hybridized carbons (Fsp3) is 0.0667. The van der Waals surface area contributed by atoms with Crippen molar-refractivity contribution in [2.75, 3.05) is 5.32 Å². The number of aromatic nitrogens is 2. The van der Waals surface area contributed by atoms with E-state index in [-0.39, 0.29) is 5.82 Å². The predicted octanol–water partition coefficient (Wildman–Crippen LogP) is 3.82. The average molecular weight is 253 g/mol. The summed E-state index contributed by atoms with van der Waals surface area (Å²) >= 11 is 0. The average Bonchev–Trinajstić information content (AvgIpc) is 2.42. The Bertz CT molecular complexity index is 723. The summed E-state index contributed by atoms with van der Waals surface area (Å²) in [6.07, 6.45) is 1.47. The van der Waals surface area contributed by atoms with E-state index in [4.69, 9.17) is 0 Å². The molecule has 1 N–H and O–H groups in total. The maximum atomic E-state index is 13.3. The highest BCUT2D eigenvalue weighted by molar-refractivity contribution is 5.90. The number of halogens is 1. The van der Waals surface area contributed by atoms with Gasteiger partial charge in [-0.1, -0.05) is 17.7 Å². The first-order valence-corrected chi connectivity index (χ1v) is 5.96. The fourth-order valence-corrected chi connectivity index (χ4v) is 1.90. The highest BCUT2D eigenvalue weighted by Crippen LogP contribution is 2.23. The molecule has 0 radical (unpaired) electrons. The molecule has 0 atom stereocenters. The highest BCUT2D eigenvalue weighted by Gasteiger charge is 2.05. The third kappa shape index (κ3) is 2.38. The summed E-state index contributed by atoms with van der Waals surface area (Å²) < 4.78 is 13.3. The van der Waals surface area contributed by atoms with E-state index in [1.165, 1.54) is 24.0 Å². The largest absolute Gasteiger partial charge is 0.340 e. The Morgan fingerprint density at radius 3 is 2.58 bits per heavy atom. The summed E-state index contributed by atoms with van der Waals surface area (Å²) in [5, 5.41) is 3.85. The number of nitrogens with one attached hydrogen (secondary N) is 1. The zero-order valence-electron chi connectivity index (χ0n) is 10.4. The molecule has 1 aromatic heterocycles. The van der Waals surface area contributed by atoms with Crippen LogP contribution in [0.5, 0.6) is 0 Å². The van der Waals surface area contributed by atoms with Crippen LogP contribution in [0.25, 0.3) is 10.9 Å². The zero-order valence-corrected chi connectivity index (χ0v) is 10.4. The Morgan fingerprint density at radius 1 is 1.00 bits per heavy atom. The normalized spacial score (nSPS) is 10.6. The number of hydrogen-bond donors (Lipinski definition) is 1. The molecule has 3 nitrogen and oxygen atoms in total. The molecule has 3 aromatic rings. The maximum Gasteiger partial charge on any atom is 0.141 e. The van der Waals surface area contributed by atoms with E-state index in [9.17, 15) is 4.39 Å². The van der Waals surface area contributed by atoms with Crippen LogP contribution in [0, 0.1) is 12.7 Å². The van der Waals surface area contributed by atoms with Crippen molar-refractivity contribution in [3.8, 4) is 0 Å². The van der Waals surface area contributed by atoms with Gasteiger partial charge in [0.25, 0.3) is 0 Å². The van der Waals surface area contributed by atoms with Crippen molar-refractivity contribution in [1.82, 2.24) is 9.97 Å². The van der Waals surface area contributed by atoms with E-state index < -0.39 is 0 Å². The monoisotopic (exact) mass is 253 g/mol. The number of nitrogens with zero attached hydrogens (tertiary/aromatic N) is 2. The molecule has 0 bridgehead atoms. The van der Waals surface area contributed by atoms with Gasteiger partial charge in [0.2, 0.25) is 0 Å². The fourth-order valence-electron chi connectivity index (χ4n) is 1.90. The van der Waals surface area contributed by atoms with Crippen molar-refractivity contribution in [2.45, 2.75) is 6.92 Å². The molecule has 1 heterocycles. The van der Waals surface area contributed by atoms with Crippen molar-refractivity contribution < 1.29 is 4.39 Å². The lowest BCUT2D eigenvalue weighted by Crippen LogP contribution is -1.96. The van der Waals surface area contributed by atoms with Gasteiger partial charge in [0.15, 0.2) is 0 Å². The molecule has 0 saturated carbocycles. The molecular formula is C15H12FN3. The molecule has 19 heavy (non-hydrogen) atoms. The van der Waals surface area contributed by atoms with Crippen LogP contribution in [-0.2, 0) is 0 Å². The van der Waals surface area contributed by atoms with Gasteiger partial charge in [-0.3, -0.25) is 0 Å². The minimum atomic E-state index is -0.297. The van der Waals surface area contributed by atoms with Crippen LogP contribution in [0.4, 0.5) is 15.9 Å². The van der Waals surface area contributed by atoms with Crippen molar-refractivity contribution in [1.29, 1.82) is 0 Å². The number of rotatable bonds is 2. The molecule has 0 unspecified atom stereocenters. The Labute approximate surface area is 110 Å². The van der Waals surface area contributed by atoms with E-state index >= 15 is 0 Å². The molecule has 0 spiro atoms.